The number of rotatable bonds is 6. The van der Waals surface area contributed by atoms with Gasteiger partial charge in [-0.3, -0.25) is 4.79 Å². The lowest BCUT2D eigenvalue weighted by Gasteiger charge is -2.31. The highest BCUT2D eigenvalue weighted by molar-refractivity contribution is 6.31. The van der Waals surface area contributed by atoms with E-state index in [2.05, 4.69) is 5.32 Å². The Morgan fingerprint density at radius 2 is 2.09 bits per heavy atom. The molecule has 5 heteroatoms. The van der Waals surface area contributed by atoms with Crippen LogP contribution < -0.4 is 10.1 Å². The van der Waals surface area contributed by atoms with Crippen molar-refractivity contribution in [2.75, 3.05) is 13.7 Å². The van der Waals surface area contributed by atoms with Crippen LogP contribution in [0.25, 0.3) is 0 Å². The fraction of sp³-hybridized carbons (Fsp3) is 0.588. The zero-order valence-corrected chi connectivity index (χ0v) is 13.8. The molecule has 0 heterocycles. The predicted molar refractivity (Wildman–Crippen MR) is 87.4 cm³/mol. The number of hydrogen-bond acceptors (Lipinski definition) is 3. The molecule has 0 radical (unpaired) electrons. The van der Waals surface area contributed by atoms with Crippen LogP contribution in [0.4, 0.5) is 0 Å². The van der Waals surface area contributed by atoms with Crippen LogP contribution in [0.1, 0.15) is 44.1 Å². The summed E-state index contributed by atoms with van der Waals surface area (Å²) < 4.78 is 5.11. The Morgan fingerprint density at radius 3 is 2.73 bits per heavy atom. The maximum Gasteiger partial charge on any atom is 0.222 e. The second-order valence-electron chi connectivity index (χ2n) is 6.02. The molecule has 2 N–H and O–H groups in total. The molecule has 1 aliphatic rings. The SMILES string of the molecule is COc1ccc(CCNC(=O)CC2(O)CCCCC2)c(Cl)c1. The summed E-state index contributed by atoms with van der Waals surface area (Å²) in [6.45, 7) is 0.515. The topological polar surface area (TPSA) is 58.6 Å². The lowest BCUT2D eigenvalue weighted by Crippen LogP contribution is -2.38. The number of halogens is 1. The van der Waals surface area contributed by atoms with Gasteiger partial charge >= 0.3 is 0 Å². The smallest absolute Gasteiger partial charge is 0.222 e. The molecule has 22 heavy (non-hydrogen) atoms. The average Bonchev–Trinajstić information content (AvgIpc) is 2.49. The van der Waals surface area contributed by atoms with Gasteiger partial charge in [0, 0.05) is 11.6 Å². The van der Waals surface area contributed by atoms with Crippen molar-refractivity contribution in [1.82, 2.24) is 5.32 Å². The van der Waals surface area contributed by atoms with Gasteiger partial charge in [-0.25, -0.2) is 0 Å². The quantitative estimate of drug-likeness (QED) is 0.845. The van der Waals surface area contributed by atoms with Gasteiger partial charge in [-0.15, -0.1) is 0 Å². The number of amides is 1. The molecule has 1 aliphatic carbocycles. The van der Waals surface area contributed by atoms with Gasteiger partial charge in [0.2, 0.25) is 5.91 Å². The Kier molecular flexibility index (Phi) is 6.09. The molecule has 0 unspecified atom stereocenters. The van der Waals surface area contributed by atoms with E-state index in [4.69, 9.17) is 16.3 Å². The van der Waals surface area contributed by atoms with E-state index in [-0.39, 0.29) is 12.3 Å². The van der Waals surface area contributed by atoms with Gasteiger partial charge in [0.05, 0.1) is 19.1 Å². The summed E-state index contributed by atoms with van der Waals surface area (Å²) in [5.74, 6) is 0.631. The molecule has 0 atom stereocenters. The third-order valence-corrected chi connectivity index (χ3v) is 4.60. The number of nitrogens with one attached hydrogen (secondary N) is 1. The lowest BCUT2D eigenvalue weighted by molar-refractivity contribution is -0.127. The molecular weight excluding hydrogens is 302 g/mol. The molecule has 1 aromatic carbocycles. The van der Waals surface area contributed by atoms with Crippen molar-refractivity contribution in [2.24, 2.45) is 0 Å². The van der Waals surface area contributed by atoms with E-state index in [0.29, 0.717) is 18.0 Å². The van der Waals surface area contributed by atoms with Crippen molar-refractivity contribution in [3.05, 3.63) is 28.8 Å². The van der Waals surface area contributed by atoms with Crippen LogP contribution in [-0.4, -0.2) is 30.3 Å². The molecule has 1 saturated carbocycles. The number of aliphatic hydroxyl groups is 1. The summed E-state index contributed by atoms with van der Waals surface area (Å²) in [6.07, 6.45) is 5.47. The average molecular weight is 326 g/mol. The number of carbonyl (C=O) groups is 1. The first-order valence-electron chi connectivity index (χ1n) is 7.84. The summed E-state index contributed by atoms with van der Waals surface area (Å²) in [4.78, 5) is 12.0. The van der Waals surface area contributed by atoms with Gasteiger partial charge in [0.25, 0.3) is 0 Å². The third-order valence-electron chi connectivity index (χ3n) is 4.25. The van der Waals surface area contributed by atoms with Crippen LogP contribution in [0.5, 0.6) is 5.75 Å². The molecule has 4 nitrogen and oxygen atoms in total. The molecule has 0 spiro atoms. The van der Waals surface area contributed by atoms with Crippen LogP contribution in [0.2, 0.25) is 5.02 Å². The first kappa shape index (κ1) is 17.1. The standard InChI is InChI=1S/C17H24ClNO3/c1-22-14-6-5-13(15(18)11-14)7-10-19-16(20)12-17(21)8-3-2-4-9-17/h5-6,11,21H,2-4,7-10,12H2,1H3,(H,19,20). The van der Waals surface area contributed by atoms with E-state index >= 15 is 0 Å². The molecule has 0 aromatic heterocycles. The zero-order chi connectivity index (χ0) is 16.0. The van der Waals surface area contributed by atoms with Crippen molar-refractivity contribution in [1.29, 1.82) is 0 Å². The minimum absolute atomic E-state index is 0.0889. The first-order valence-corrected chi connectivity index (χ1v) is 8.22. The van der Waals surface area contributed by atoms with Crippen LogP contribution in [-0.2, 0) is 11.2 Å². The Labute approximate surface area is 136 Å². The second kappa shape index (κ2) is 7.84. The molecule has 2 rings (SSSR count). The maximum absolute atomic E-state index is 12.0. The summed E-state index contributed by atoms with van der Waals surface area (Å²) in [6, 6.07) is 5.53. The van der Waals surface area contributed by atoms with Crippen molar-refractivity contribution in [2.45, 2.75) is 50.5 Å². The fourth-order valence-electron chi connectivity index (χ4n) is 2.94. The Balaban J connectivity index is 1.77. The number of hydrogen-bond donors (Lipinski definition) is 2. The minimum Gasteiger partial charge on any atom is -0.497 e. The maximum atomic E-state index is 12.0. The van der Waals surface area contributed by atoms with E-state index in [1.165, 1.54) is 0 Å². The lowest BCUT2D eigenvalue weighted by atomic mass is 9.82. The molecule has 0 bridgehead atoms. The highest BCUT2D eigenvalue weighted by Crippen LogP contribution is 2.30. The van der Waals surface area contributed by atoms with Gasteiger partial charge in [0.15, 0.2) is 0 Å². The molecule has 0 saturated heterocycles. The minimum atomic E-state index is -0.805. The summed E-state index contributed by atoms with van der Waals surface area (Å²) in [5.41, 5.74) is 0.166. The highest BCUT2D eigenvalue weighted by Gasteiger charge is 2.31. The largest absolute Gasteiger partial charge is 0.497 e. The van der Waals surface area contributed by atoms with Gasteiger partial charge in [-0.05, 0) is 37.0 Å². The van der Waals surface area contributed by atoms with E-state index < -0.39 is 5.60 Å². The summed E-state index contributed by atoms with van der Waals surface area (Å²) >= 11 is 6.17. The van der Waals surface area contributed by atoms with Crippen molar-refractivity contribution in [3.63, 3.8) is 0 Å². The Hall–Kier alpha value is -1.26. The molecule has 122 valence electrons. The van der Waals surface area contributed by atoms with E-state index in [0.717, 1.165) is 43.4 Å². The van der Waals surface area contributed by atoms with E-state index in [1.807, 2.05) is 12.1 Å². The number of methoxy groups -OCH3 is 1. The van der Waals surface area contributed by atoms with Crippen LogP contribution in [0, 0.1) is 0 Å². The molecule has 1 fully saturated rings. The van der Waals surface area contributed by atoms with Crippen molar-refractivity contribution >= 4 is 17.5 Å². The Bertz CT molecular complexity index is 513. The van der Waals surface area contributed by atoms with Gasteiger partial charge in [-0.2, -0.15) is 0 Å². The number of carbonyl (C=O) groups excluding carboxylic acids is 1. The Morgan fingerprint density at radius 1 is 1.36 bits per heavy atom. The second-order valence-corrected chi connectivity index (χ2v) is 6.43. The van der Waals surface area contributed by atoms with Crippen molar-refractivity contribution in [3.8, 4) is 5.75 Å². The van der Waals surface area contributed by atoms with E-state index in [1.54, 1.807) is 13.2 Å². The third kappa shape index (κ3) is 4.89. The number of ether oxygens (including phenoxy) is 1. The van der Waals surface area contributed by atoms with Crippen LogP contribution in [0.15, 0.2) is 18.2 Å². The normalized spacial score (nSPS) is 17.0. The van der Waals surface area contributed by atoms with Gasteiger partial charge in [0.1, 0.15) is 5.75 Å². The summed E-state index contributed by atoms with van der Waals surface area (Å²) in [5, 5.41) is 13.9. The fourth-order valence-corrected chi connectivity index (χ4v) is 3.21. The molecular formula is C17H24ClNO3. The monoisotopic (exact) mass is 325 g/mol. The molecule has 0 aliphatic heterocycles. The predicted octanol–water partition coefficient (Wildman–Crippen LogP) is 3.09. The summed E-state index contributed by atoms with van der Waals surface area (Å²) in [7, 11) is 1.60. The first-order chi connectivity index (χ1) is 10.5. The van der Waals surface area contributed by atoms with Crippen LogP contribution in [0.3, 0.4) is 0 Å². The zero-order valence-electron chi connectivity index (χ0n) is 13.0. The van der Waals surface area contributed by atoms with Gasteiger partial charge in [-0.1, -0.05) is 36.9 Å². The van der Waals surface area contributed by atoms with Crippen molar-refractivity contribution < 1.29 is 14.6 Å². The molecule has 1 aromatic rings. The van der Waals surface area contributed by atoms with Gasteiger partial charge < -0.3 is 15.2 Å². The molecule has 1 amide bonds. The van der Waals surface area contributed by atoms with Crippen LogP contribution >= 0.6 is 11.6 Å². The van der Waals surface area contributed by atoms with E-state index in [9.17, 15) is 9.90 Å². The highest BCUT2D eigenvalue weighted by atomic mass is 35.5. The number of benzene rings is 1.